The fourth-order valence-electron chi connectivity index (χ4n) is 1.17. The fourth-order valence-corrected chi connectivity index (χ4v) is 2.08. The van der Waals surface area contributed by atoms with Gasteiger partial charge in [-0.2, -0.15) is 0 Å². The molecule has 1 atom stereocenters. The summed E-state index contributed by atoms with van der Waals surface area (Å²) in [4.78, 5) is 12.5. The number of hydrogen-bond donors (Lipinski definition) is 1. The number of hydrogen-bond acceptors (Lipinski definition) is 5. The van der Waals surface area contributed by atoms with Gasteiger partial charge >= 0.3 is 5.97 Å². The molecule has 4 nitrogen and oxygen atoms in total. The second-order valence-electron chi connectivity index (χ2n) is 3.46. The van der Waals surface area contributed by atoms with Crippen LogP contribution in [0.15, 0.2) is 29.2 Å². The maximum absolute atomic E-state index is 11.6. The van der Waals surface area contributed by atoms with E-state index in [-0.39, 0.29) is 17.8 Å². The zero-order valence-corrected chi connectivity index (χ0v) is 10.8. The highest BCUT2D eigenvalue weighted by atomic mass is 32.2. The lowest BCUT2D eigenvalue weighted by Gasteiger charge is -2.12. The van der Waals surface area contributed by atoms with Crippen LogP contribution in [-0.2, 0) is 14.3 Å². The average molecular weight is 255 g/mol. The summed E-state index contributed by atoms with van der Waals surface area (Å²) >= 11 is 1.40. The molecule has 0 heterocycles. The van der Waals surface area contributed by atoms with Crippen molar-refractivity contribution >= 4 is 23.4 Å². The smallest absolute Gasteiger partial charge is 0.319 e. The molecule has 5 heteroatoms. The van der Waals surface area contributed by atoms with Crippen molar-refractivity contribution in [2.24, 2.45) is 0 Å². The molecule has 0 aliphatic rings. The Morgan fingerprint density at radius 3 is 2.76 bits per heavy atom. The van der Waals surface area contributed by atoms with Crippen LogP contribution in [0, 0.1) is 0 Å². The molecule has 1 rings (SSSR count). The molecule has 17 heavy (non-hydrogen) atoms. The van der Waals surface area contributed by atoms with Crippen molar-refractivity contribution in [1.29, 1.82) is 0 Å². The van der Waals surface area contributed by atoms with Crippen molar-refractivity contribution in [2.45, 2.75) is 17.1 Å². The second-order valence-corrected chi connectivity index (χ2v) is 4.84. The van der Waals surface area contributed by atoms with Crippen molar-refractivity contribution in [3.05, 3.63) is 24.3 Å². The summed E-state index contributed by atoms with van der Waals surface area (Å²) in [6.07, 6.45) is 0. The molecule has 0 radical (unpaired) electrons. The van der Waals surface area contributed by atoms with E-state index < -0.39 is 0 Å². The molecule has 2 N–H and O–H groups in total. The van der Waals surface area contributed by atoms with Crippen LogP contribution in [0.2, 0.25) is 0 Å². The summed E-state index contributed by atoms with van der Waals surface area (Å²) < 4.78 is 9.84. The van der Waals surface area contributed by atoms with E-state index in [1.807, 2.05) is 24.3 Å². The summed E-state index contributed by atoms with van der Waals surface area (Å²) in [6.45, 7) is 2.49. The van der Waals surface area contributed by atoms with E-state index in [1.165, 1.54) is 11.8 Å². The third-order valence-corrected chi connectivity index (χ3v) is 3.26. The van der Waals surface area contributed by atoms with Gasteiger partial charge in [0.2, 0.25) is 0 Å². The third kappa shape index (κ3) is 4.66. The predicted octanol–water partition coefficient (Wildman–Crippen LogP) is 1.94. The Balaban J connectivity index is 2.46. The quantitative estimate of drug-likeness (QED) is 0.364. The fraction of sp³-hybridized carbons (Fsp3) is 0.417. The molecule has 1 unspecified atom stereocenters. The van der Waals surface area contributed by atoms with Gasteiger partial charge in [-0.15, -0.1) is 11.8 Å². The van der Waals surface area contributed by atoms with Crippen molar-refractivity contribution < 1.29 is 14.3 Å². The Morgan fingerprint density at radius 1 is 1.41 bits per heavy atom. The van der Waals surface area contributed by atoms with E-state index in [4.69, 9.17) is 15.2 Å². The number of nitrogen functional groups attached to an aromatic ring is 1. The molecule has 1 aromatic carbocycles. The molecule has 0 aliphatic carbocycles. The minimum Gasteiger partial charge on any atom is -0.462 e. The molecule has 1 aromatic rings. The van der Waals surface area contributed by atoms with Crippen LogP contribution in [0.25, 0.3) is 0 Å². The Bertz CT molecular complexity index is 371. The monoisotopic (exact) mass is 255 g/mol. The number of para-hydroxylation sites is 1. The minimum atomic E-state index is -0.281. The van der Waals surface area contributed by atoms with Crippen LogP contribution in [0.3, 0.4) is 0 Å². The van der Waals surface area contributed by atoms with E-state index in [0.29, 0.717) is 12.3 Å². The molecule has 94 valence electrons. The minimum absolute atomic E-state index is 0.254. The molecular weight excluding hydrogens is 238 g/mol. The molecule has 0 spiro atoms. The molecule has 0 aliphatic heterocycles. The van der Waals surface area contributed by atoms with Crippen molar-refractivity contribution in [2.75, 3.05) is 26.1 Å². The number of esters is 1. The molecule has 0 aromatic heterocycles. The van der Waals surface area contributed by atoms with E-state index in [0.717, 1.165) is 4.90 Å². The van der Waals surface area contributed by atoms with E-state index >= 15 is 0 Å². The maximum Gasteiger partial charge on any atom is 0.319 e. The summed E-state index contributed by atoms with van der Waals surface area (Å²) in [5.74, 6) is -0.254. The van der Waals surface area contributed by atoms with Gasteiger partial charge in [0.05, 0.1) is 6.61 Å². The van der Waals surface area contributed by atoms with E-state index in [9.17, 15) is 4.79 Å². The van der Waals surface area contributed by atoms with Gasteiger partial charge in [-0.05, 0) is 19.1 Å². The number of ether oxygens (including phenoxy) is 2. The number of anilines is 1. The second kappa shape index (κ2) is 7.19. The molecule has 0 fully saturated rings. The summed E-state index contributed by atoms with van der Waals surface area (Å²) in [7, 11) is 1.57. The lowest BCUT2D eigenvalue weighted by molar-refractivity contribution is -0.143. The van der Waals surface area contributed by atoms with Crippen LogP contribution in [0.5, 0.6) is 0 Å². The van der Waals surface area contributed by atoms with Crippen LogP contribution in [0.4, 0.5) is 5.69 Å². The first-order chi connectivity index (χ1) is 8.15. The summed E-state index contributed by atoms with van der Waals surface area (Å²) in [6, 6.07) is 7.45. The van der Waals surface area contributed by atoms with Gasteiger partial charge < -0.3 is 15.2 Å². The first-order valence-corrected chi connectivity index (χ1v) is 6.20. The molecule has 0 bridgehead atoms. The Morgan fingerprint density at radius 2 is 2.12 bits per heavy atom. The van der Waals surface area contributed by atoms with Gasteiger partial charge in [0.15, 0.2) is 0 Å². The molecular formula is C12H17NO3S. The summed E-state index contributed by atoms with van der Waals surface area (Å²) in [5.41, 5.74) is 6.47. The molecule has 0 saturated carbocycles. The number of benzene rings is 1. The number of carbonyl (C=O) groups excluding carboxylic acids is 1. The highest BCUT2D eigenvalue weighted by Crippen LogP contribution is 2.28. The van der Waals surface area contributed by atoms with Crippen molar-refractivity contribution in [1.82, 2.24) is 0 Å². The van der Waals surface area contributed by atoms with Gasteiger partial charge in [0.1, 0.15) is 11.9 Å². The zero-order chi connectivity index (χ0) is 12.7. The highest BCUT2D eigenvalue weighted by molar-refractivity contribution is 8.00. The number of methoxy groups -OCH3 is 1. The van der Waals surface area contributed by atoms with Crippen LogP contribution >= 0.6 is 11.8 Å². The highest BCUT2D eigenvalue weighted by Gasteiger charge is 2.16. The predicted molar refractivity (Wildman–Crippen MR) is 69.0 cm³/mol. The topological polar surface area (TPSA) is 61.5 Å². The third-order valence-electron chi connectivity index (χ3n) is 2.09. The maximum atomic E-state index is 11.6. The van der Waals surface area contributed by atoms with Gasteiger partial charge in [-0.3, -0.25) is 4.79 Å². The van der Waals surface area contributed by atoms with Crippen molar-refractivity contribution in [3.63, 3.8) is 0 Å². The number of carbonyl (C=O) groups is 1. The van der Waals surface area contributed by atoms with Gasteiger partial charge in [0.25, 0.3) is 0 Å². The summed E-state index contributed by atoms with van der Waals surface area (Å²) in [5, 5.41) is -0.281. The van der Waals surface area contributed by atoms with Crippen molar-refractivity contribution in [3.8, 4) is 0 Å². The van der Waals surface area contributed by atoms with Crippen LogP contribution in [-0.4, -0.2) is 31.5 Å². The largest absolute Gasteiger partial charge is 0.462 e. The first-order valence-electron chi connectivity index (χ1n) is 5.32. The molecule has 0 saturated heterocycles. The average Bonchev–Trinajstić information content (AvgIpc) is 2.32. The number of rotatable bonds is 6. The Hall–Kier alpha value is -1.20. The first kappa shape index (κ1) is 13.9. The van der Waals surface area contributed by atoms with E-state index in [2.05, 4.69) is 0 Å². The van der Waals surface area contributed by atoms with Crippen LogP contribution < -0.4 is 5.73 Å². The standard InChI is InChI=1S/C12H17NO3S/c1-9(12(14)16-8-7-15-2)17-11-6-4-3-5-10(11)13/h3-6,9H,7-8,13H2,1-2H3. The lowest BCUT2D eigenvalue weighted by Crippen LogP contribution is -2.19. The SMILES string of the molecule is COCCOC(=O)C(C)Sc1ccccc1N. The lowest BCUT2D eigenvalue weighted by atomic mass is 10.3. The normalized spacial score (nSPS) is 12.1. The van der Waals surface area contributed by atoms with Gasteiger partial charge in [0, 0.05) is 17.7 Å². The van der Waals surface area contributed by atoms with Gasteiger partial charge in [-0.1, -0.05) is 12.1 Å². The Labute approximate surface area is 105 Å². The van der Waals surface area contributed by atoms with E-state index in [1.54, 1.807) is 14.0 Å². The Kier molecular flexibility index (Phi) is 5.86. The number of nitrogens with two attached hydrogens (primary N) is 1. The number of thioether (sulfide) groups is 1. The van der Waals surface area contributed by atoms with Crippen LogP contribution in [0.1, 0.15) is 6.92 Å². The zero-order valence-electron chi connectivity index (χ0n) is 10.0. The molecule has 0 amide bonds. The van der Waals surface area contributed by atoms with Gasteiger partial charge in [-0.25, -0.2) is 0 Å².